The Balaban J connectivity index is 1.89. The van der Waals surface area contributed by atoms with Crippen molar-refractivity contribution < 1.29 is 22.7 Å². The molecule has 0 bridgehead atoms. The first-order chi connectivity index (χ1) is 16.2. The van der Waals surface area contributed by atoms with E-state index in [1.165, 1.54) is 19.2 Å². The molecule has 0 spiro atoms. The summed E-state index contributed by atoms with van der Waals surface area (Å²) in [4.78, 5) is 12.7. The molecule has 8 heteroatoms. The fraction of sp³-hybridized carbons (Fsp3) is 0.269. The van der Waals surface area contributed by atoms with E-state index >= 15 is 0 Å². The number of likely N-dealkylation sites (N-methyl/N-ethyl adjacent to an activating group) is 1. The van der Waals surface area contributed by atoms with E-state index in [0.717, 1.165) is 28.8 Å². The molecule has 2 N–H and O–H groups in total. The second kappa shape index (κ2) is 11.4. The Morgan fingerprint density at radius 2 is 1.68 bits per heavy atom. The van der Waals surface area contributed by atoms with Gasteiger partial charge in [-0.1, -0.05) is 60.1 Å². The van der Waals surface area contributed by atoms with Crippen LogP contribution in [0.25, 0.3) is 0 Å². The fourth-order valence-corrected chi connectivity index (χ4v) is 3.92. The molecule has 4 nitrogen and oxygen atoms in total. The third-order valence-electron chi connectivity index (χ3n) is 5.59. The maximum Gasteiger partial charge on any atom is 0.416 e. The lowest BCUT2D eigenvalue weighted by molar-refractivity contribution is -0.137. The number of aryl methyl sites for hydroxylation is 1. The molecule has 0 aliphatic rings. The molecule has 3 aromatic rings. The summed E-state index contributed by atoms with van der Waals surface area (Å²) in [6.45, 7) is 0. The maximum atomic E-state index is 12.9. The van der Waals surface area contributed by atoms with Crippen molar-refractivity contribution in [2.75, 3.05) is 14.2 Å². The molecule has 0 aliphatic carbocycles. The van der Waals surface area contributed by atoms with Gasteiger partial charge in [-0.2, -0.15) is 13.2 Å². The van der Waals surface area contributed by atoms with Crippen LogP contribution in [0.3, 0.4) is 0 Å². The number of nitrogens with one attached hydrogen (secondary N) is 2. The standard InChI is InChI=1S/C26H26ClF3N2O2/c1-31-25(33)24(18-6-4-3-5-7-18)32-22(19-11-14-21(27)23(16-19)34-2)15-10-17-8-12-20(13-9-17)26(28,29)30/h3-9,11-14,16,22,24,32H,10,15H2,1-2H3,(H,31,33)/t22-,24+/m1/s1. The quantitative estimate of drug-likeness (QED) is 0.380. The van der Waals surface area contributed by atoms with Gasteiger partial charge in [0.2, 0.25) is 5.91 Å². The number of rotatable bonds is 9. The number of methoxy groups -OCH3 is 1. The first-order valence-electron chi connectivity index (χ1n) is 10.7. The Hall–Kier alpha value is -3.03. The molecule has 3 aromatic carbocycles. The number of hydrogen-bond donors (Lipinski definition) is 2. The number of benzene rings is 3. The van der Waals surface area contributed by atoms with E-state index in [1.54, 1.807) is 19.2 Å². The predicted octanol–water partition coefficient (Wildman–Crippen LogP) is 6.12. The van der Waals surface area contributed by atoms with E-state index in [9.17, 15) is 18.0 Å². The number of amides is 1. The summed E-state index contributed by atoms with van der Waals surface area (Å²) in [5, 5.41) is 6.57. The van der Waals surface area contributed by atoms with Crippen LogP contribution in [-0.4, -0.2) is 20.1 Å². The molecule has 34 heavy (non-hydrogen) atoms. The van der Waals surface area contributed by atoms with Crippen molar-refractivity contribution in [2.24, 2.45) is 0 Å². The number of ether oxygens (including phenoxy) is 1. The van der Waals surface area contributed by atoms with Gasteiger partial charge in [-0.3, -0.25) is 10.1 Å². The summed E-state index contributed by atoms with van der Waals surface area (Å²) in [5.74, 6) is 0.295. The molecule has 0 saturated heterocycles. The number of alkyl halides is 3. The minimum atomic E-state index is -4.38. The average molecular weight is 491 g/mol. The normalized spacial score (nSPS) is 13.2. The van der Waals surface area contributed by atoms with E-state index in [-0.39, 0.29) is 11.9 Å². The summed E-state index contributed by atoms with van der Waals surface area (Å²) < 4.78 is 44.1. The fourth-order valence-electron chi connectivity index (χ4n) is 3.73. The Morgan fingerprint density at radius 1 is 1.00 bits per heavy atom. The van der Waals surface area contributed by atoms with Gasteiger partial charge >= 0.3 is 6.18 Å². The molecular weight excluding hydrogens is 465 g/mol. The van der Waals surface area contributed by atoms with Crippen molar-refractivity contribution >= 4 is 17.5 Å². The predicted molar refractivity (Wildman–Crippen MR) is 127 cm³/mol. The third-order valence-corrected chi connectivity index (χ3v) is 5.90. The number of hydrogen-bond acceptors (Lipinski definition) is 3. The zero-order chi connectivity index (χ0) is 24.7. The van der Waals surface area contributed by atoms with Crippen LogP contribution in [0.2, 0.25) is 5.02 Å². The molecule has 0 radical (unpaired) electrons. The van der Waals surface area contributed by atoms with Gasteiger partial charge in [0.1, 0.15) is 11.8 Å². The monoisotopic (exact) mass is 490 g/mol. The summed E-state index contributed by atoms with van der Waals surface area (Å²) in [7, 11) is 3.09. The average Bonchev–Trinajstić information content (AvgIpc) is 2.84. The second-order valence-electron chi connectivity index (χ2n) is 7.80. The van der Waals surface area contributed by atoms with Gasteiger partial charge in [0.05, 0.1) is 17.7 Å². The summed E-state index contributed by atoms with van der Waals surface area (Å²) in [5.41, 5.74) is 1.72. The lowest BCUT2D eigenvalue weighted by Crippen LogP contribution is -2.38. The minimum absolute atomic E-state index is 0.202. The molecule has 0 aliphatic heterocycles. The van der Waals surface area contributed by atoms with Gasteiger partial charge in [0.25, 0.3) is 0 Å². The van der Waals surface area contributed by atoms with Crippen molar-refractivity contribution in [3.63, 3.8) is 0 Å². The van der Waals surface area contributed by atoms with Crippen LogP contribution in [-0.2, 0) is 17.4 Å². The molecule has 1 amide bonds. The second-order valence-corrected chi connectivity index (χ2v) is 8.21. The highest BCUT2D eigenvalue weighted by molar-refractivity contribution is 6.32. The Labute approximate surface area is 202 Å². The van der Waals surface area contributed by atoms with Gasteiger partial charge in [0, 0.05) is 13.1 Å². The van der Waals surface area contributed by atoms with Crippen LogP contribution in [0.4, 0.5) is 13.2 Å². The lowest BCUT2D eigenvalue weighted by atomic mass is 9.95. The first-order valence-corrected chi connectivity index (χ1v) is 11.1. The highest BCUT2D eigenvalue weighted by Crippen LogP contribution is 2.32. The summed E-state index contributed by atoms with van der Waals surface area (Å²) in [6, 6.07) is 18.9. The SMILES string of the molecule is CNC(=O)[C@@H](N[C@H](CCc1ccc(C(F)(F)F)cc1)c1ccc(Cl)c(OC)c1)c1ccccc1. The summed E-state index contributed by atoms with van der Waals surface area (Å²) >= 11 is 6.20. The van der Waals surface area contributed by atoms with Gasteiger partial charge in [0.15, 0.2) is 0 Å². The van der Waals surface area contributed by atoms with Crippen molar-refractivity contribution in [1.82, 2.24) is 10.6 Å². The smallest absolute Gasteiger partial charge is 0.416 e. The molecule has 0 fully saturated rings. The lowest BCUT2D eigenvalue weighted by Gasteiger charge is -2.26. The largest absolute Gasteiger partial charge is 0.495 e. The van der Waals surface area contributed by atoms with Crippen LogP contribution in [0.1, 0.15) is 40.8 Å². The number of carbonyl (C=O) groups is 1. The van der Waals surface area contributed by atoms with Crippen molar-refractivity contribution in [2.45, 2.75) is 31.1 Å². The molecular formula is C26H26ClF3N2O2. The minimum Gasteiger partial charge on any atom is -0.495 e. The number of halogens is 4. The molecule has 3 rings (SSSR count). The Bertz CT molecular complexity index is 1090. The molecule has 180 valence electrons. The summed E-state index contributed by atoms with van der Waals surface area (Å²) in [6.07, 6.45) is -3.36. The van der Waals surface area contributed by atoms with Gasteiger partial charge in [-0.15, -0.1) is 0 Å². The zero-order valence-electron chi connectivity index (χ0n) is 18.8. The van der Waals surface area contributed by atoms with Crippen LogP contribution < -0.4 is 15.4 Å². The van der Waals surface area contributed by atoms with E-state index in [2.05, 4.69) is 10.6 Å². The number of carbonyl (C=O) groups excluding carboxylic acids is 1. The Morgan fingerprint density at radius 3 is 2.26 bits per heavy atom. The van der Waals surface area contributed by atoms with Gasteiger partial charge < -0.3 is 10.1 Å². The van der Waals surface area contributed by atoms with Crippen molar-refractivity contribution in [1.29, 1.82) is 0 Å². The van der Waals surface area contributed by atoms with E-state index in [0.29, 0.717) is 23.6 Å². The highest BCUT2D eigenvalue weighted by atomic mass is 35.5. The molecule has 0 heterocycles. The van der Waals surface area contributed by atoms with Crippen molar-refractivity contribution in [3.8, 4) is 5.75 Å². The third kappa shape index (κ3) is 6.52. The van der Waals surface area contributed by atoms with Gasteiger partial charge in [-0.05, 0) is 53.8 Å². The topological polar surface area (TPSA) is 50.4 Å². The molecule has 2 atom stereocenters. The van der Waals surface area contributed by atoms with E-state index < -0.39 is 17.8 Å². The first kappa shape index (κ1) is 25.6. The molecule has 0 unspecified atom stereocenters. The van der Waals surface area contributed by atoms with Crippen LogP contribution in [0.5, 0.6) is 5.75 Å². The van der Waals surface area contributed by atoms with Crippen LogP contribution in [0, 0.1) is 0 Å². The molecule has 0 aromatic heterocycles. The van der Waals surface area contributed by atoms with Crippen molar-refractivity contribution in [3.05, 3.63) is 100 Å². The molecule has 0 saturated carbocycles. The van der Waals surface area contributed by atoms with E-state index in [4.69, 9.17) is 16.3 Å². The Kier molecular flexibility index (Phi) is 8.58. The van der Waals surface area contributed by atoms with Crippen LogP contribution >= 0.6 is 11.6 Å². The van der Waals surface area contributed by atoms with Crippen LogP contribution in [0.15, 0.2) is 72.8 Å². The maximum absolute atomic E-state index is 12.9. The van der Waals surface area contributed by atoms with E-state index in [1.807, 2.05) is 36.4 Å². The van der Waals surface area contributed by atoms with Gasteiger partial charge in [-0.25, -0.2) is 0 Å². The highest BCUT2D eigenvalue weighted by Gasteiger charge is 2.30. The zero-order valence-corrected chi connectivity index (χ0v) is 19.6.